The molecule has 33 heavy (non-hydrogen) atoms. The molecule has 0 atom stereocenters. The number of carbonyl (C=O) groups excluding carboxylic acids is 1. The van der Waals surface area contributed by atoms with E-state index in [2.05, 4.69) is 44.3 Å². The first-order valence-corrected chi connectivity index (χ1v) is 11.5. The second-order valence-corrected chi connectivity index (χ2v) is 8.73. The summed E-state index contributed by atoms with van der Waals surface area (Å²) in [4.78, 5) is 32.8. The molecule has 0 bridgehead atoms. The van der Waals surface area contributed by atoms with Crippen LogP contribution in [0.5, 0.6) is 0 Å². The fourth-order valence-electron chi connectivity index (χ4n) is 4.02. The molecule has 3 N–H and O–H groups in total. The highest BCUT2D eigenvalue weighted by Gasteiger charge is 2.15. The minimum absolute atomic E-state index is 0.165. The maximum atomic E-state index is 13.1. The number of nitrogens with one attached hydrogen (secondary N) is 3. The van der Waals surface area contributed by atoms with Gasteiger partial charge in [-0.1, -0.05) is 11.8 Å². The lowest BCUT2D eigenvalue weighted by Crippen LogP contribution is -2.44. The van der Waals surface area contributed by atoms with Crippen LogP contribution in [0.15, 0.2) is 23.0 Å². The Bertz CT molecular complexity index is 1120. The van der Waals surface area contributed by atoms with Gasteiger partial charge in [0.2, 0.25) is 0 Å². The minimum atomic E-state index is -0.214. The molecule has 1 amide bonds. The van der Waals surface area contributed by atoms with Crippen LogP contribution in [-0.2, 0) is 6.54 Å². The molecule has 7 heteroatoms. The first-order valence-electron chi connectivity index (χ1n) is 11.5. The number of likely N-dealkylation sites (N-methyl/N-ethyl adjacent to an activating group) is 1. The van der Waals surface area contributed by atoms with Gasteiger partial charge in [0.25, 0.3) is 11.5 Å². The van der Waals surface area contributed by atoms with E-state index in [1.165, 1.54) is 0 Å². The number of aryl methyl sites for hydroxylation is 2. The standard InChI is InChI=1S/C26H35N5O2/c1-6-27-24-16-21(8-7-9-31-12-10-30(5)11-13-31)15-22(20(24)4)25(32)28-17-23-18(2)14-19(3)29-26(23)33/h14-16,27H,6,9-13,17H2,1-5H3,(H,28,32)(H,29,33). The van der Waals surface area contributed by atoms with Crippen LogP contribution in [0, 0.1) is 32.6 Å². The largest absolute Gasteiger partial charge is 0.385 e. The van der Waals surface area contributed by atoms with Gasteiger partial charge in [-0.3, -0.25) is 14.5 Å². The molecule has 1 aromatic heterocycles. The minimum Gasteiger partial charge on any atom is -0.385 e. The summed E-state index contributed by atoms with van der Waals surface area (Å²) in [5, 5.41) is 6.25. The molecule has 3 rings (SSSR count). The van der Waals surface area contributed by atoms with E-state index in [9.17, 15) is 9.59 Å². The van der Waals surface area contributed by atoms with E-state index in [1.54, 1.807) is 0 Å². The van der Waals surface area contributed by atoms with Gasteiger partial charge < -0.3 is 20.5 Å². The fourth-order valence-corrected chi connectivity index (χ4v) is 4.02. The number of pyridine rings is 1. The number of hydrogen-bond acceptors (Lipinski definition) is 5. The van der Waals surface area contributed by atoms with Gasteiger partial charge in [0, 0.05) is 67.3 Å². The van der Waals surface area contributed by atoms with Crippen molar-refractivity contribution in [1.29, 1.82) is 0 Å². The van der Waals surface area contributed by atoms with Crippen molar-refractivity contribution in [1.82, 2.24) is 20.1 Å². The van der Waals surface area contributed by atoms with Crippen molar-refractivity contribution < 1.29 is 4.79 Å². The molecule has 1 aromatic carbocycles. The van der Waals surface area contributed by atoms with Crippen molar-refractivity contribution in [2.45, 2.75) is 34.2 Å². The molecule has 0 saturated carbocycles. The molecule has 0 spiro atoms. The third kappa shape index (κ3) is 6.47. The lowest BCUT2D eigenvalue weighted by atomic mass is 10.0. The van der Waals surface area contributed by atoms with E-state index in [4.69, 9.17) is 0 Å². The first kappa shape index (κ1) is 24.6. The van der Waals surface area contributed by atoms with Crippen molar-refractivity contribution >= 4 is 11.6 Å². The number of hydrogen-bond donors (Lipinski definition) is 3. The fraction of sp³-hybridized carbons (Fsp3) is 0.462. The Morgan fingerprint density at radius 2 is 1.85 bits per heavy atom. The number of carbonyl (C=O) groups is 1. The summed E-state index contributed by atoms with van der Waals surface area (Å²) in [6.45, 7) is 13.5. The van der Waals surface area contributed by atoms with Gasteiger partial charge >= 0.3 is 0 Å². The number of aromatic amines is 1. The zero-order valence-corrected chi connectivity index (χ0v) is 20.4. The molecule has 1 fully saturated rings. The summed E-state index contributed by atoms with van der Waals surface area (Å²) in [6, 6.07) is 5.75. The van der Waals surface area contributed by atoms with Gasteiger partial charge in [-0.25, -0.2) is 0 Å². The predicted octanol–water partition coefficient (Wildman–Crippen LogP) is 2.26. The molecule has 1 saturated heterocycles. The topological polar surface area (TPSA) is 80.5 Å². The normalized spacial score (nSPS) is 14.5. The lowest BCUT2D eigenvalue weighted by molar-refractivity contribution is 0.0950. The van der Waals surface area contributed by atoms with Crippen molar-refractivity contribution in [3.05, 3.63) is 62.1 Å². The predicted molar refractivity (Wildman–Crippen MR) is 134 cm³/mol. The Morgan fingerprint density at radius 3 is 2.52 bits per heavy atom. The summed E-state index contributed by atoms with van der Waals surface area (Å²) < 4.78 is 0. The van der Waals surface area contributed by atoms with Crippen LogP contribution in [-0.4, -0.2) is 67.0 Å². The molecular formula is C26H35N5O2. The maximum absolute atomic E-state index is 13.1. The van der Waals surface area contributed by atoms with E-state index < -0.39 is 0 Å². The van der Waals surface area contributed by atoms with E-state index in [-0.39, 0.29) is 18.0 Å². The number of aromatic nitrogens is 1. The smallest absolute Gasteiger partial charge is 0.253 e. The van der Waals surface area contributed by atoms with Crippen LogP contribution in [0.2, 0.25) is 0 Å². The average molecular weight is 450 g/mol. The highest BCUT2D eigenvalue weighted by Crippen LogP contribution is 2.22. The average Bonchev–Trinajstić information content (AvgIpc) is 2.76. The molecule has 2 heterocycles. The summed E-state index contributed by atoms with van der Waals surface area (Å²) in [6.07, 6.45) is 0. The van der Waals surface area contributed by atoms with Gasteiger partial charge in [0.1, 0.15) is 0 Å². The molecule has 2 aromatic rings. The number of benzene rings is 1. The summed E-state index contributed by atoms with van der Waals surface area (Å²) in [5.41, 5.74) is 5.22. The van der Waals surface area contributed by atoms with Gasteiger partial charge in [0.15, 0.2) is 0 Å². The Balaban J connectivity index is 1.78. The van der Waals surface area contributed by atoms with Crippen LogP contribution < -0.4 is 16.2 Å². The monoisotopic (exact) mass is 449 g/mol. The number of H-pyrrole nitrogens is 1. The van der Waals surface area contributed by atoms with Gasteiger partial charge in [-0.2, -0.15) is 0 Å². The zero-order valence-electron chi connectivity index (χ0n) is 20.4. The van der Waals surface area contributed by atoms with Crippen molar-refractivity contribution in [3.63, 3.8) is 0 Å². The van der Waals surface area contributed by atoms with Crippen LogP contribution >= 0.6 is 0 Å². The van der Waals surface area contributed by atoms with Crippen LogP contribution in [0.1, 0.15) is 45.2 Å². The van der Waals surface area contributed by atoms with Gasteiger partial charge in [0.05, 0.1) is 6.54 Å². The molecular weight excluding hydrogens is 414 g/mol. The van der Waals surface area contributed by atoms with Crippen molar-refractivity contribution in [2.75, 3.05) is 51.6 Å². The zero-order chi connectivity index (χ0) is 24.0. The summed E-state index contributed by atoms with van der Waals surface area (Å²) in [5.74, 6) is 6.30. The molecule has 0 unspecified atom stereocenters. The number of piperazine rings is 1. The second-order valence-electron chi connectivity index (χ2n) is 8.73. The van der Waals surface area contributed by atoms with Crippen molar-refractivity contribution in [3.8, 4) is 11.8 Å². The van der Waals surface area contributed by atoms with Crippen molar-refractivity contribution in [2.24, 2.45) is 0 Å². The van der Waals surface area contributed by atoms with Crippen LogP contribution in [0.4, 0.5) is 5.69 Å². The first-order chi connectivity index (χ1) is 15.8. The third-order valence-electron chi connectivity index (χ3n) is 6.07. The quantitative estimate of drug-likeness (QED) is 0.590. The van der Waals surface area contributed by atoms with E-state index in [0.29, 0.717) is 11.1 Å². The molecule has 1 aliphatic heterocycles. The molecule has 176 valence electrons. The molecule has 0 radical (unpaired) electrons. The molecule has 1 aliphatic rings. The Hall–Kier alpha value is -3.08. The highest BCUT2D eigenvalue weighted by molar-refractivity contribution is 5.97. The van der Waals surface area contributed by atoms with Crippen LogP contribution in [0.25, 0.3) is 0 Å². The Morgan fingerprint density at radius 1 is 1.12 bits per heavy atom. The van der Waals surface area contributed by atoms with E-state index in [1.807, 2.05) is 45.9 Å². The van der Waals surface area contributed by atoms with Gasteiger partial charge in [-0.05, 0) is 64.1 Å². The van der Waals surface area contributed by atoms with E-state index in [0.717, 1.165) is 67.3 Å². The summed E-state index contributed by atoms with van der Waals surface area (Å²) in [7, 11) is 2.14. The van der Waals surface area contributed by atoms with E-state index >= 15 is 0 Å². The maximum Gasteiger partial charge on any atom is 0.253 e. The number of nitrogens with zero attached hydrogens (tertiary/aromatic N) is 2. The molecule has 7 nitrogen and oxygen atoms in total. The number of anilines is 1. The Kier molecular flexibility index (Phi) is 8.32. The Labute approximate surface area is 196 Å². The number of rotatable bonds is 6. The van der Waals surface area contributed by atoms with Gasteiger partial charge in [-0.15, -0.1) is 0 Å². The van der Waals surface area contributed by atoms with Crippen LogP contribution in [0.3, 0.4) is 0 Å². The molecule has 0 aliphatic carbocycles. The summed E-state index contributed by atoms with van der Waals surface area (Å²) >= 11 is 0. The lowest BCUT2D eigenvalue weighted by Gasteiger charge is -2.30. The number of amides is 1. The third-order valence-corrected chi connectivity index (χ3v) is 6.07. The SMILES string of the molecule is CCNc1cc(C#CCN2CCN(C)CC2)cc(C(=O)NCc2c(C)cc(C)[nH]c2=O)c1C. The highest BCUT2D eigenvalue weighted by atomic mass is 16.1. The second kappa shape index (κ2) is 11.2.